The van der Waals surface area contributed by atoms with Crippen LogP contribution >= 0.6 is 18.8 Å². The van der Waals surface area contributed by atoms with Gasteiger partial charge in [-0.2, -0.15) is 0 Å². The molecule has 1 aliphatic rings. The normalized spacial score (nSPS) is 22.9. The van der Waals surface area contributed by atoms with Gasteiger partial charge in [-0.25, -0.2) is 9.46 Å². The van der Waals surface area contributed by atoms with Gasteiger partial charge in [0.05, 0.1) is 0 Å². The van der Waals surface area contributed by atoms with Crippen molar-refractivity contribution < 1.29 is 14.4 Å². The fourth-order valence-corrected chi connectivity index (χ4v) is 2.04. The van der Waals surface area contributed by atoms with E-state index in [0.29, 0.717) is 12.8 Å². The molecule has 1 fully saturated rings. The second-order valence-corrected chi connectivity index (χ2v) is 4.13. The monoisotopic (exact) mass is 234 g/mol. The van der Waals surface area contributed by atoms with Gasteiger partial charge in [0, 0.05) is 18.9 Å². The summed E-state index contributed by atoms with van der Waals surface area (Å²) in [6, 6.07) is -0.547. The smallest absolute Gasteiger partial charge is 0.305 e. The molecule has 0 spiro atoms. The van der Waals surface area contributed by atoms with Crippen molar-refractivity contribution >= 4 is 37.0 Å². The Hall–Kier alpha value is -0.530. The molecule has 0 radical (unpaired) electrons. The summed E-state index contributed by atoms with van der Waals surface area (Å²) < 4.78 is 2.42. The number of imide groups is 1. The summed E-state index contributed by atoms with van der Waals surface area (Å²) in [4.78, 5) is 32.9. The van der Waals surface area contributed by atoms with Crippen molar-refractivity contribution in [2.45, 2.75) is 25.3 Å². The highest BCUT2D eigenvalue weighted by molar-refractivity contribution is 7.18. The first kappa shape index (κ1) is 11.5. The lowest BCUT2D eigenvalue weighted by Crippen LogP contribution is -2.48. The first-order chi connectivity index (χ1) is 6.57. The third-order valence-corrected chi connectivity index (χ3v) is 3.27. The third kappa shape index (κ3) is 2.28. The summed E-state index contributed by atoms with van der Waals surface area (Å²) >= 11 is 0. The maximum atomic E-state index is 11.4. The van der Waals surface area contributed by atoms with Crippen molar-refractivity contribution in [3.05, 3.63) is 0 Å². The van der Waals surface area contributed by atoms with Crippen LogP contribution in [0.2, 0.25) is 0 Å². The molecule has 78 valence electrons. The molecular weight excluding hydrogens is 222 g/mol. The van der Waals surface area contributed by atoms with E-state index in [1.54, 1.807) is 0 Å². The second-order valence-electron chi connectivity index (χ2n) is 3.06. The average molecular weight is 234 g/mol. The van der Waals surface area contributed by atoms with Crippen LogP contribution in [-0.2, 0) is 9.59 Å². The minimum Gasteiger partial charge on any atom is -0.305 e. The second kappa shape index (κ2) is 4.81. The Morgan fingerprint density at radius 1 is 1.43 bits per heavy atom. The molecule has 0 aromatic rings. The van der Waals surface area contributed by atoms with Crippen LogP contribution in [0.1, 0.15) is 19.3 Å². The van der Waals surface area contributed by atoms with Gasteiger partial charge < -0.3 is 9.46 Å². The van der Waals surface area contributed by atoms with Gasteiger partial charge in [-0.15, -0.1) is 0 Å². The summed E-state index contributed by atoms with van der Waals surface area (Å²) in [6.07, 6.45) is 1.96. The Kier molecular flexibility index (Phi) is 3.97. The largest absolute Gasteiger partial charge is 0.332 e. The number of amides is 3. The highest BCUT2D eigenvalue weighted by Crippen LogP contribution is 2.25. The van der Waals surface area contributed by atoms with Crippen LogP contribution in [0.4, 0.5) is 4.79 Å². The average Bonchev–Trinajstić information content (AvgIpc) is 2.18. The van der Waals surface area contributed by atoms with Gasteiger partial charge >= 0.3 is 6.03 Å². The lowest BCUT2D eigenvalue weighted by Gasteiger charge is -2.35. The first-order valence-corrected chi connectivity index (χ1v) is 5.20. The summed E-state index contributed by atoms with van der Waals surface area (Å²) in [7, 11) is 4.36. The number of nitrogens with zero attached hydrogens (tertiary/aromatic N) is 2. The van der Waals surface area contributed by atoms with Gasteiger partial charge in [0.2, 0.25) is 5.91 Å². The number of rotatable bonds is 3. The molecule has 7 heteroatoms. The molecule has 3 unspecified atom stereocenters. The van der Waals surface area contributed by atoms with Crippen molar-refractivity contribution in [1.29, 1.82) is 0 Å². The summed E-state index contributed by atoms with van der Waals surface area (Å²) in [5.74, 6) is -0.227. The topological polar surface area (TPSA) is 57.7 Å². The van der Waals surface area contributed by atoms with E-state index in [-0.39, 0.29) is 24.4 Å². The molecule has 1 aliphatic heterocycles. The number of carbonyl (C=O) groups is 3. The van der Waals surface area contributed by atoms with Crippen LogP contribution < -0.4 is 0 Å². The van der Waals surface area contributed by atoms with Crippen molar-refractivity contribution in [3.8, 4) is 0 Å². The fourth-order valence-electron chi connectivity index (χ4n) is 1.29. The Morgan fingerprint density at radius 2 is 2.07 bits per heavy atom. The maximum absolute atomic E-state index is 11.4. The number of aldehydes is 1. The van der Waals surface area contributed by atoms with E-state index in [0.717, 1.165) is 11.0 Å². The molecule has 0 N–H and O–H groups in total. The summed E-state index contributed by atoms with van der Waals surface area (Å²) in [5, 5.41) is 0. The van der Waals surface area contributed by atoms with Gasteiger partial charge in [-0.1, -0.05) is 0 Å². The SMILES string of the molecule is O=CCCC1CC(=O)N(P)C(=O)N1P. The summed E-state index contributed by atoms with van der Waals surface area (Å²) in [6.45, 7) is 0. The van der Waals surface area contributed by atoms with Crippen LogP contribution in [0, 0.1) is 0 Å². The van der Waals surface area contributed by atoms with E-state index in [4.69, 9.17) is 0 Å². The first-order valence-electron chi connectivity index (χ1n) is 4.17. The standard InChI is InChI=1S/C7H12N2O3P2/c10-3-1-2-5-4-6(11)9(14)7(12)8(5)13/h3,5H,1-2,4,13-14H2. The zero-order valence-corrected chi connectivity index (χ0v) is 9.86. The van der Waals surface area contributed by atoms with Gasteiger partial charge in [-0.05, 0) is 25.2 Å². The molecule has 0 bridgehead atoms. The van der Waals surface area contributed by atoms with Crippen LogP contribution in [0.5, 0.6) is 0 Å². The Labute approximate surface area is 86.7 Å². The van der Waals surface area contributed by atoms with Gasteiger partial charge in [0.25, 0.3) is 0 Å². The molecule has 0 saturated carbocycles. The van der Waals surface area contributed by atoms with Gasteiger partial charge in [-0.3, -0.25) is 4.79 Å². The predicted molar refractivity (Wildman–Crippen MR) is 57.2 cm³/mol. The Bertz CT molecular complexity index is 272. The maximum Gasteiger partial charge on any atom is 0.332 e. The van der Waals surface area contributed by atoms with E-state index < -0.39 is 0 Å². The Morgan fingerprint density at radius 3 is 2.64 bits per heavy atom. The minimum absolute atomic E-state index is 0.179. The van der Waals surface area contributed by atoms with Gasteiger partial charge in [0.1, 0.15) is 6.29 Å². The van der Waals surface area contributed by atoms with E-state index in [1.165, 1.54) is 4.67 Å². The lowest BCUT2D eigenvalue weighted by atomic mass is 10.1. The molecule has 0 aromatic heterocycles. The highest BCUT2D eigenvalue weighted by atomic mass is 31.0. The molecule has 3 atom stereocenters. The molecule has 0 aromatic carbocycles. The zero-order chi connectivity index (χ0) is 10.7. The molecule has 1 rings (SSSR count). The number of hydrogen-bond acceptors (Lipinski definition) is 3. The van der Waals surface area contributed by atoms with E-state index in [9.17, 15) is 14.4 Å². The molecule has 14 heavy (non-hydrogen) atoms. The molecule has 0 aliphatic carbocycles. The molecule has 1 saturated heterocycles. The number of carbonyl (C=O) groups excluding carboxylic acids is 3. The van der Waals surface area contributed by atoms with Crippen molar-refractivity contribution in [1.82, 2.24) is 9.34 Å². The minimum atomic E-state index is -0.368. The van der Waals surface area contributed by atoms with Crippen molar-refractivity contribution in [3.63, 3.8) is 0 Å². The van der Waals surface area contributed by atoms with Crippen LogP contribution in [-0.4, -0.2) is 33.6 Å². The quantitative estimate of drug-likeness (QED) is 0.529. The van der Waals surface area contributed by atoms with Crippen molar-refractivity contribution in [2.24, 2.45) is 0 Å². The van der Waals surface area contributed by atoms with Crippen LogP contribution in [0.25, 0.3) is 0 Å². The third-order valence-electron chi connectivity index (χ3n) is 2.12. The molecular formula is C7H12N2O3P2. The molecule has 5 nitrogen and oxygen atoms in total. The van der Waals surface area contributed by atoms with Crippen LogP contribution in [0.15, 0.2) is 0 Å². The fraction of sp³-hybridized carbons (Fsp3) is 0.571. The van der Waals surface area contributed by atoms with Gasteiger partial charge in [0.15, 0.2) is 0 Å². The highest BCUT2D eigenvalue weighted by Gasteiger charge is 2.34. The van der Waals surface area contributed by atoms with Crippen LogP contribution in [0.3, 0.4) is 0 Å². The Balaban J connectivity index is 2.65. The zero-order valence-electron chi connectivity index (χ0n) is 7.55. The van der Waals surface area contributed by atoms with E-state index in [2.05, 4.69) is 18.8 Å². The van der Waals surface area contributed by atoms with Crippen molar-refractivity contribution in [2.75, 3.05) is 0 Å². The lowest BCUT2D eigenvalue weighted by molar-refractivity contribution is -0.127. The molecule has 1 heterocycles. The molecule has 3 amide bonds. The number of hydrogen-bond donors (Lipinski definition) is 0. The predicted octanol–water partition coefficient (Wildman–Crippen LogP) is 0.569. The van der Waals surface area contributed by atoms with E-state index in [1.807, 2.05) is 0 Å². The number of urea groups is 1. The summed E-state index contributed by atoms with van der Waals surface area (Å²) in [5.41, 5.74) is 0. The van der Waals surface area contributed by atoms with E-state index >= 15 is 0 Å².